The summed E-state index contributed by atoms with van der Waals surface area (Å²) in [5.74, 6) is 0. The molecule has 0 aliphatic heterocycles. The molecule has 1 unspecified atom stereocenters. The van der Waals surface area contributed by atoms with Gasteiger partial charge in [-0.05, 0) is 44.9 Å². The molecule has 0 bridgehead atoms. The van der Waals surface area contributed by atoms with E-state index in [0.717, 1.165) is 6.42 Å². The van der Waals surface area contributed by atoms with Crippen LogP contribution < -0.4 is 5.32 Å². The van der Waals surface area contributed by atoms with Crippen LogP contribution in [-0.4, -0.2) is 5.54 Å². The van der Waals surface area contributed by atoms with Crippen LogP contribution in [0.4, 0.5) is 0 Å². The minimum absolute atomic E-state index is 0.139. The van der Waals surface area contributed by atoms with Gasteiger partial charge in [-0.2, -0.15) is 0 Å². The van der Waals surface area contributed by atoms with E-state index in [1.807, 2.05) is 18.2 Å². The minimum atomic E-state index is 0.139. The van der Waals surface area contributed by atoms with Crippen LogP contribution in [-0.2, 0) is 0 Å². The minimum Gasteiger partial charge on any atom is -0.305 e. The summed E-state index contributed by atoms with van der Waals surface area (Å²) in [6.07, 6.45) is 2.33. The number of benzene rings is 1. The van der Waals surface area contributed by atoms with Crippen LogP contribution in [0.5, 0.6) is 0 Å². The molecule has 1 N–H and O–H groups in total. The van der Waals surface area contributed by atoms with Crippen molar-refractivity contribution >= 4 is 23.2 Å². The van der Waals surface area contributed by atoms with E-state index in [4.69, 9.17) is 23.2 Å². The number of hydrogen-bond donors (Lipinski definition) is 1. The smallest absolute Gasteiger partial charge is 0.0595 e. The molecule has 3 heteroatoms. The van der Waals surface area contributed by atoms with E-state index < -0.39 is 0 Å². The fourth-order valence-electron chi connectivity index (χ4n) is 2.15. The van der Waals surface area contributed by atoms with E-state index >= 15 is 0 Å². The van der Waals surface area contributed by atoms with Crippen LogP contribution in [0, 0.1) is 0 Å². The maximum atomic E-state index is 6.03. The van der Waals surface area contributed by atoms with Gasteiger partial charge in [-0.3, -0.25) is 0 Å². The number of halogens is 2. The van der Waals surface area contributed by atoms with Crippen LogP contribution in [0.25, 0.3) is 0 Å². The highest BCUT2D eigenvalue weighted by molar-refractivity contribution is 6.42. The summed E-state index contributed by atoms with van der Waals surface area (Å²) in [7, 11) is 0. The molecule has 1 rings (SSSR count). The zero-order valence-corrected chi connectivity index (χ0v) is 12.5. The Balaban J connectivity index is 2.76. The van der Waals surface area contributed by atoms with E-state index in [-0.39, 0.29) is 11.6 Å². The molecule has 1 atom stereocenters. The first-order chi connectivity index (χ1) is 7.85. The Morgan fingerprint density at radius 3 is 2.41 bits per heavy atom. The van der Waals surface area contributed by atoms with Gasteiger partial charge in [-0.15, -0.1) is 0 Å². The lowest BCUT2D eigenvalue weighted by atomic mass is 9.96. The molecule has 0 aliphatic carbocycles. The third kappa shape index (κ3) is 4.50. The topological polar surface area (TPSA) is 12.0 Å². The van der Waals surface area contributed by atoms with E-state index in [2.05, 4.69) is 33.0 Å². The van der Waals surface area contributed by atoms with Gasteiger partial charge in [0.1, 0.15) is 0 Å². The van der Waals surface area contributed by atoms with Crippen LogP contribution in [0.2, 0.25) is 10.0 Å². The van der Waals surface area contributed by atoms with Crippen molar-refractivity contribution in [2.45, 2.75) is 52.1 Å². The van der Waals surface area contributed by atoms with Crippen molar-refractivity contribution in [3.63, 3.8) is 0 Å². The zero-order valence-electron chi connectivity index (χ0n) is 11.0. The highest BCUT2D eigenvalue weighted by Crippen LogP contribution is 2.27. The second-order valence-corrected chi connectivity index (χ2v) is 5.99. The normalized spacial score (nSPS) is 13.8. The molecule has 1 aromatic carbocycles. The summed E-state index contributed by atoms with van der Waals surface area (Å²) < 4.78 is 0. The Morgan fingerprint density at radius 2 is 1.88 bits per heavy atom. The molecular weight excluding hydrogens is 253 g/mol. The first-order valence-electron chi connectivity index (χ1n) is 6.08. The first kappa shape index (κ1) is 14.8. The summed E-state index contributed by atoms with van der Waals surface area (Å²) in [6.45, 7) is 8.80. The maximum absolute atomic E-state index is 6.03. The van der Waals surface area contributed by atoms with E-state index in [0.29, 0.717) is 10.0 Å². The SMILES string of the molecule is CCCC(C)(C)NC(C)c1ccc(Cl)c(Cl)c1. The molecule has 0 saturated carbocycles. The first-order valence-corrected chi connectivity index (χ1v) is 6.84. The van der Waals surface area contributed by atoms with Crippen molar-refractivity contribution in [3.05, 3.63) is 33.8 Å². The van der Waals surface area contributed by atoms with Crippen LogP contribution in [0.15, 0.2) is 18.2 Å². The molecule has 17 heavy (non-hydrogen) atoms. The van der Waals surface area contributed by atoms with E-state index in [1.165, 1.54) is 12.0 Å². The van der Waals surface area contributed by atoms with Gasteiger partial charge in [-0.25, -0.2) is 0 Å². The van der Waals surface area contributed by atoms with Gasteiger partial charge in [0.2, 0.25) is 0 Å². The van der Waals surface area contributed by atoms with Crippen LogP contribution in [0.3, 0.4) is 0 Å². The number of hydrogen-bond acceptors (Lipinski definition) is 1. The molecular formula is C14H21Cl2N. The van der Waals surface area contributed by atoms with Crippen molar-refractivity contribution in [2.24, 2.45) is 0 Å². The maximum Gasteiger partial charge on any atom is 0.0595 e. The lowest BCUT2D eigenvalue weighted by Gasteiger charge is -2.30. The van der Waals surface area contributed by atoms with Gasteiger partial charge in [0.25, 0.3) is 0 Å². The zero-order chi connectivity index (χ0) is 13.1. The average Bonchev–Trinajstić information content (AvgIpc) is 2.21. The lowest BCUT2D eigenvalue weighted by molar-refractivity contribution is 0.323. The van der Waals surface area contributed by atoms with E-state index in [1.54, 1.807) is 0 Å². The number of rotatable bonds is 5. The van der Waals surface area contributed by atoms with Crippen LogP contribution in [0.1, 0.15) is 52.1 Å². The summed E-state index contributed by atoms with van der Waals surface area (Å²) in [5.41, 5.74) is 1.31. The fraction of sp³-hybridized carbons (Fsp3) is 0.571. The second kappa shape index (κ2) is 6.08. The van der Waals surface area contributed by atoms with Gasteiger partial charge >= 0.3 is 0 Å². The van der Waals surface area contributed by atoms with Gasteiger partial charge in [0.05, 0.1) is 10.0 Å². The van der Waals surface area contributed by atoms with Gasteiger partial charge in [-0.1, -0.05) is 42.6 Å². The highest BCUT2D eigenvalue weighted by Gasteiger charge is 2.19. The average molecular weight is 274 g/mol. The molecule has 0 aromatic heterocycles. The summed E-state index contributed by atoms with van der Waals surface area (Å²) in [6, 6.07) is 6.08. The molecule has 0 amide bonds. The Morgan fingerprint density at radius 1 is 1.24 bits per heavy atom. The lowest BCUT2D eigenvalue weighted by Crippen LogP contribution is -2.40. The molecule has 0 fully saturated rings. The number of nitrogens with one attached hydrogen (secondary N) is 1. The molecule has 1 aromatic rings. The molecule has 0 heterocycles. The molecule has 0 aliphatic rings. The Labute approximate surface area is 115 Å². The molecule has 1 nitrogen and oxygen atoms in total. The van der Waals surface area contributed by atoms with Gasteiger partial charge in [0, 0.05) is 11.6 Å². The third-order valence-electron chi connectivity index (χ3n) is 2.93. The summed E-state index contributed by atoms with van der Waals surface area (Å²) >= 11 is 11.9. The van der Waals surface area contributed by atoms with Gasteiger partial charge < -0.3 is 5.32 Å². The summed E-state index contributed by atoms with van der Waals surface area (Å²) in [4.78, 5) is 0. The standard InChI is InChI=1S/C14H21Cl2N/c1-5-8-14(3,4)17-10(2)11-6-7-12(15)13(16)9-11/h6-7,9-10,17H,5,8H2,1-4H3. The Bertz CT molecular complexity index is 374. The summed E-state index contributed by atoms with van der Waals surface area (Å²) in [5, 5.41) is 4.84. The van der Waals surface area contributed by atoms with Crippen molar-refractivity contribution in [3.8, 4) is 0 Å². The largest absolute Gasteiger partial charge is 0.305 e. The fourth-order valence-corrected chi connectivity index (χ4v) is 2.45. The second-order valence-electron chi connectivity index (χ2n) is 5.17. The predicted octanol–water partition coefficient (Wildman–Crippen LogP) is 5.22. The van der Waals surface area contributed by atoms with Crippen molar-refractivity contribution in [1.29, 1.82) is 0 Å². The van der Waals surface area contributed by atoms with Crippen molar-refractivity contribution < 1.29 is 0 Å². The Hall–Kier alpha value is -0.240. The highest BCUT2D eigenvalue weighted by atomic mass is 35.5. The van der Waals surface area contributed by atoms with Crippen LogP contribution >= 0.6 is 23.2 Å². The molecule has 0 radical (unpaired) electrons. The molecule has 0 spiro atoms. The van der Waals surface area contributed by atoms with E-state index in [9.17, 15) is 0 Å². The quantitative estimate of drug-likeness (QED) is 0.775. The monoisotopic (exact) mass is 273 g/mol. The third-order valence-corrected chi connectivity index (χ3v) is 3.66. The molecule has 96 valence electrons. The van der Waals surface area contributed by atoms with Gasteiger partial charge in [0.15, 0.2) is 0 Å². The van der Waals surface area contributed by atoms with Crippen molar-refractivity contribution in [2.75, 3.05) is 0 Å². The predicted molar refractivity (Wildman–Crippen MR) is 77.0 cm³/mol. The van der Waals surface area contributed by atoms with Crippen molar-refractivity contribution in [1.82, 2.24) is 5.32 Å². The molecule has 0 saturated heterocycles. The Kier molecular flexibility index (Phi) is 5.30.